The highest BCUT2D eigenvalue weighted by molar-refractivity contribution is 7.89. The summed E-state index contributed by atoms with van der Waals surface area (Å²) >= 11 is 0. The summed E-state index contributed by atoms with van der Waals surface area (Å²) in [7, 11) is -2.71. The molecule has 0 bridgehead atoms. The quantitative estimate of drug-likeness (QED) is 0.144. The van der Waals surface area contributed by atoms with E-state index in [0.717, 1.165) is 24.8 Å². The highest BCUT2D eigenvalue weighted by Gasteiger charge is 2.44. The molecule has 12 heteroatoms. The fourth-order valence-electron chi connectivity index (χ4n) is 5.99. The van der Waals surface area contributed by atoms with Gasteiger partial charge in [-0.3, -0.25) is 0 Å². The van der Waals surface area contributed by atoms with Gasteiger partial charge in [0.05, 0.1) is 45.0 Å². The summed E-state index contributed by atoms with van der Waals surface area (Å²) in [6.45, 7) is 10.3. The molecule has 2 aromatic carbocycles. The Bertz CT molecular complexity index is 1440. The number of methoxy groups -OCH3 is 1. The van der Waals surface area contributed by atoms with Gasteiger partial charge in [0.1, 0.15) is 22.5 Å². The van der Waals surface area contributed by atoms with Gasteiger partial charge in [-0.2, -0.15) is 4.31 Å². The SMILES string of the molecule is C=CCCCCOc1cc(OC)ccc1S(=O)(=O)N(C[C@H](C)CC=C)C[C@@H](O)[C@H](Cc1ccccc1)NC(=O)OC1CO[C@H]2OCC[C@@H]12. The summed E-state index contributed by atoms with van der Waals surface area (Å²) in [4.78, 5) is 13.2. The summed E-state index contributed by atoms with van der Waals surface area (Å²) in [5, 5.41) is 14.6. The lowest BCUT2D eigenvalue weighted by molar-refractivity contribution is -0.0907. The third-order valence-electron chi connectivity index (χ3n) is 8.61. The van der Waals surface area contributed by atoms with Crippen molar-refractivity contribution in [3.63, 3.8) is 0 Å². The molecule has 0 aromatic heterocycles. The normalized spacial score (nSPS) is 20.8. The summed E-state index contributed by atoms with van der Waals surface area (Å²) in [5.41, 5.74) is 0.854. The average Bonchev–Trinajstić information content (AvgIpc) is 3.69. The molecule has 2 aliphatic rings. The monoisotopic (exact) mass is 686 g/mol. The van der Waals surface area contributed by atoms with Crippen molar-refractivity contribution in [1.29, 1.82) is 0 Å². The predicted octanol–water partition coefficient (Wildman–Crippen LogP) is 5.09. The van der Waals surface area contributed by atoms with Gasteiger partial charge in [0.15, 0.2) is 6.29 Å². The molecular formula is C36H50N2O9S. The maximum atomic E-state index is 14.4. The van der Waals surface area contributed by atoms with Crippen LogP contribution >= 0.6 is 0 Å². The van der Waals surface area contributed by atoms with E-state index in [1.807, 2.05) is 43.3 Å². The molecule has 2 fully saturated rings. The van der Waals surface area contributed by atoms with Crippen LogP contribution in [0.4, 0.5) is 4.79 Å². The number of carbonyl (C=O) groups is 1. The molecule has 1 amide bonds. The number of nitrogens with one attached hydrogen (secondary N) is 1. The second kappa shape index (κ2) is 18.4. The van der Waals surface area contributed by atoms with Crippen molar-refractivity contribution < 1.29 is 42.0 Å². The first-order valence-corrected chi connectivity index (χ1v) is 18.0. The van der Waals surface area contributed by atoms with E-state index in [4.69, 9.17) is 23.7 Å². The van der Waals surface area contributed by atoms with Crippen LogP contribution in [0.5, 0.6) is 11.5 Å². The second-order valence-electron chi connectivity index (χ2n) is 12.4. The van der Waals surface area contributed by atoms with Gasteiger partial charge >= 0.3 is 6.09 Å². The van der Waals surface area contributed by atoms with Crippen LogP contribution in [-0.2, 0) is 30.7 Å². The predicted molar refractivity (Wildman–Crippen MR) is 182 cm³/mol. The first-order valence-electron chi connectivity index (χ1n) is 16.6. The van der Waals surface area contributed by atoms with Gasteiger partial charge in [0.25, 0.3) is 0 Å². The Morgan fingerprint density at radius 2 is 1.92 bits per heavy atom. The molecule has 1 unspecified atom stereocenters. The van der Waals surface area contributed by atoms with Gasteiger partial charge in [0, 0.05) is 19.2 Å². The van der Waals surface area contributed by atoms with Gasteiger partial charge in [-0.15, -0.1) is 13.2 Å². The van der Waals surface area contributed by atoms with E-state index in [0.29, 0.717) is 31.8 Å². The molecule has 2 aromatic rings. The zero-order valence-electron chi connectivity index (χ0n) is 28.0. The van der Waals surface area contributed by atoms with Crippen molar-refractivity contribution in [3.05, 3.63) is 79.4 Å². The molecule has 0 saturated carbocycles. The Labute approximate surface area is 284 Å². The van der Waals surface area contributed by atoms with Gasteiger partial charge in [-0.05, 0) is 62.1 Å². The summed E-state index contributed by atoms with van der Waals surface area (Å²) in [6, 6.07) is 13.1. The van der Waals surface area contributed by atoms with E-state index in [1.165, 1.54) is 17.5 Å². The molecule has 2 saturated heterocycles. The Morgan fingerprint density at radius 3 is 2.65 bits per heavy atom. The molecule has 2 aliphatic heterocycles. The molecule has 0 spiro atoms. The molecular weight excluding hydrogens is 636 g/mol. The average molecular weight is 687 g/mol. The van der Waals surface area contributed by atoms with Crippen LogP contribution in [0.3, 0.4) is 0 Å². The van der Waals surface area contributed by atoms with Crippen LogP contribution in [0.1, 0.15) is 44.6 Å². The Kier molecular flexibility index (Phi) is 14.3. The molecule has 2 heterocycles. The van der Waals surface area contributed by atoms with Crippen molar-refractivity contribution in [3.8, 4) is 11.5 Å². The summed E-state index contributed by atoms with van der Waals surface area (Å²) < 4.78 is 58.4. The maximum absolute atomic E-state index is 14.4. The number of ether oxygens (including phenoxy) is 5. The minimum Gasteiger partial charge on any atom is -0.497 e. The number of hydrogen-bond donors (Lipinski definition) is 2. The van der Waals surface area contributed by atoms with E-state index < -0.39 is 34.4 Å². The Morgan fingerprint density at radius 1 is 1.12 bits per heavy atom. The lowest BCUT2D eigenvalue weighted by atomic mass is 10.0. The number of benzene rings is 2. The number of amides is 1. The number of carbonyl (C=O) groups excluding carboxylic acids is 1. The largest absolute Gasteiger partial charge is 0.497 e. The zero-order valence-corrected chi connectivity index (χ0v) is 28.8. The first kappa shape index (κ1) is 37.4. The lowest BCUT2D eigenvalue weighted by Gasteiger charge is -2.31. The number of alkyl carbamates (subject to hydrolysis) is 1. The van der Waals surface area contributed by atoms with Crippen molar-refractivity contribution in [2.45, 2.75) is 74.9 Å². The van der Waals surface area contributed by atoms with Crippen molar-refractivity contribution >= 4 is 16.1 Å². The van der Waals surface area contributed by atoms with Crippen molar-refractivity contribution in [2.24, 2.45) is 11.8 Å². The number of aliphatic hydroxyl groups excluding tert-OH is 1. The summed E-state index contributed by atoms with van der Waals surface area (Å²) in [6.07, 6.45) is 4.61. The number of fused-ring (bicyclic) bond motifs is 1. The number of unbranched alkanes of at least 4 members (excludes halogenated alkanes) is 2. The number of sulfonamides is 1. The van der Waals surface area contributed by atoms with E-state index >= 15 is 0 Å². The smallest absolute Gasteiger partial charge is 0.407 e. The van der Waals surface area contributed by atoms with E-state index in [-0.39, 0.29) is 54.9 Å². The molecule has 4 rings (SSSR count). The zero-order chi connectivity index (χ0) is 34.5. The Balaban J connectivity index is 1.58. The topological polar surface area (TPSA) is 133 Å². The van der Waals surface area contributed by atoms with Crippen LogP contribution in [0.25, 0.3) is 0 Å². The molecule has 6 atom stereocenters. The van der Waals surface area contributed by atoms with Gasteiger partial charge in [-0.1, -0.05) is 49.4 Å². The molecule has 264 valence electrons. The van der Waals surface area contributed by atoms with Gasteiger partial charge < -0.3 is 34.1 Å². The van der Waals surface area contributed by atoms with E-state index in [2.05, 4.69) is 18.5 Å². The minimum absolute atomic E-state index is 0.0356. The Hall–Kier alpha value is -3.42. The molecule has 11 nitrogen and oxygen atoms in total. The van der Waals surface area contributed by atoms with Crippen molar-refractivity contribution in [2.75, 3.05) is 40.0 Å². The number of allylic oxidation sites excluding steroid dienone is 2. The number of aliphatic hydroxyl groups is 1. The number of rotatable bonds is 20. The lowest BCUT2D eigenvalue weighted by Crippen LogP contribution is -2.51. The van der Waals surface area contributed by atoms with Crippen LogP contribution in [0.15, 0.2) is 78.7 Å². The second-order valence-corrected chi connectivity index (χ2v) is 14.3. The summed E-state index contributed by atoms with van der Waals surface area (Å²) in [5.74, 6) is 0.457. The molecule has 0 radical (unpaired) electrons. The van der Waals surface area contributed by atoms with Crippen LogP contribution < -0.4 is 14.8 Å². The fraction of sp³-hybridized carbons (Fsp3) is 0.528. The number of hydrogen-bond acceptors (Lipinski definition) is 9. The van der Waals surface area contributed by atoms with Gasteiger partial charge in [-0.25, -0.2) is 13.2 Å². The highest BCUT2D eigenvalue weighted by Crippen LogP contribution is 2.34. The molecule has 2 N–H and O–H groups in total. The van der Waals surface area contributed by atoms with Crippen molar-refractivity contribution in [1.82, 2.24) is 9.62 Å². The van der Waals surface area contributed by atoms with Crippen LogP contribution in [0, 0.1) is 11.8 Å². The molecule has 48 heavy (non-hydrogen) atoms. The fourth-order valence-corrected chi connectivity index (χ4v) is 7.68. The maximum Gasteiger partial charge on any atom is 0.407 e. The third-order valence-corrected chi connectivity index (χ3v) is 10.5. The third kappa shape index (κ3) is 10.3. The number of nitrogens with zero attached hydrogens (tertiary/aromatic N) is 1. The molecule has 0 aliphatic carbocycles. The van der Waals surface area contributed by atoms with Crippen LogP contribution in [0.2, 0.25) is 0 Å². The standard InChI is InChI=1S/C36H50N2O9S/c1-5-7-8-12-19-44-32-22-28(43-4)16-17-34(32)48(41,42)38(23-26(3)13-6-2)24-31(39)30(21-27-14-10-9-11-15-27)37-36(40)47-33-25-46-35-29(33)18-20-45-35/h5-6,9-11,14-17,22,26,29-31,33,35,39H,1-2,7-8,12-13,18-21,23-25H2,3-4H3,(H,37,40)/t26-,29+,30+,31-,33?,35-/m1/s1. The van der Waals surface area contributed by atoms with Crippen LogP contribution in [-0.4, -0.2) is 88.5 Å². The van der Waals surface area contributed by atoms with E-state index in [9.17, 15) is 18.3 Å². The first-order chi connectivity index (χ1) is 23.2. The van der Waals surface area contributed by atoms with Gasteiger partial charge in [0.2, 0.25) is 10.0 Å². The highest BCUT2D eigenvalue weighted by atomic mass is 32.2. The van der Waals surface area contributed by atoms with E-state index in [1.54, 1.807) is 18.2 Å². The minimum atomic E-state index is -4.21.